The van der Waals surface area contributed by atoms with Gasteiger partial charge in [0.05, 0.1) is 0 Å². The molecule has 3 rings (SSSR count). The van der Waals surface area contributed by atoms with Gasteiger partial charge in [0, 0.05) is 41.6 Å². The third kappa shape index (κ3) is 6.28. The standard InChI is InChI=1S/C21H29Cl2N3O2/c22-16-8-6-15(19(23)14-16)7-9-20(27)26-12-10-18(11-13-26)25-21(28)24-17-4-2-1-3-5-17/h6,8,14,17-18H,1-5,7,9-13H2,(H2,24,25,28). The number of benzene rings is 1. The van der Waals surface area contributed by atoms with Crippen LogP contribution in [-0.4, -0.2) is 42.0 Å². The Morgan fingerprint density at radius 2 is 1.61 bits per heavy atom. The Labute approximate surface area is 177 Å². The largest absolute Gasteiger partial charge is 0.343 e. The fourth-order valence-electron chi connectivity index (χ4n) is 4.06. The van der Waals surface area contributed by atoms with E-state index in [-0.39, 0.29) is 18.0 Å². The molecule has 0 radical (unpaired) electrons. The minimum atomic E-state index is -0.0611. The number of amides is 3. The molecule has 2 N–H and O–H groups in total. The Kier molecular flexibility index (Phi) is 7.86. The molecule has 1 saturated heterocycles. The topological polar surface area (TPSA) is 61.4 Å². The lowest BCUT2D eigenvalue weighted by molar-refractivity contribution is -0.132. The molecule has 1 saturated carbocycles. The number of hydrogen-bond donors (Lipinski definition) is 2. The zero-order valence-corrected chi connectivity index (χ0v) is 17.7. The molecule has 0 bridgehead atoms. The van der Waals surface area contributed by atoms with E-state index in [0.29, 0.717) is 42.0 Å². The normalized spacial score (nSPS) is 18.7. The van der Waals surface area contributed by atoms with E-state index in [1.54, 1.807) is 12.1 Å². The molecule has 28 heavy (non-hydrogen) atoms. The Hall–Kier alpha value is -1.46. The molecule has 0 spiro atoms. The maximum absolute atomic E-state index is 12.5. The van der Waals surface area contributed by atoms with Crippen molar-refractivity contribution in [3.8, 4) is 0 Å². The number of halogens is 2. The van der Waals surface area contributed by atoms with Crippen LogP contribution in [0.1, 0.15) is 56.9 Å². The maximum Gasteiger partial charge on any atom is 0.315 e. The van der Waals surface area contributed by atoms with Crippen molar-refractivity contribution in [3.05, 3.63) is 33.8 Å². The lowest BCUT2D eigenvalue weighted by Gasteiger charge is -2.33. The van der Waals surface area contributed by atoms with Crippen molar-refractivity contribution >= 4 is 35.1 Å². The van der Waals surface area contributed by atoms with Crippen molar-refractivity contribution < 1.29 is 9.59 Å². The van der Waals surface area contributed by atoms with E-state index in [1.807, 2.05) is 11.0 Å². The smallest absolute Gasteiger partial charge is 0.315 e. The summed E-state index contributed by atoms with van der Waals surface area (Å²) in [5, 5.41) is 7.38. The van der Waals surface area contributed by atoms with Crippen LogP contribution in [0.15, 0.2) is 18.2 Å². The van der Waals surface area contributed by atoms with Crippen molar-refractivity contribution in [2.45, 2.75) is 69.9 Å². The van der Waals surface area contributed by atoms with Gasteiger partial charge in [-0.2, -0.15) is 0 Å². The molecular weight excluding hydrogens is 397 g/mol. The van der Waals surface area contributed by atoms with Gasteiger partial charge in [0.2, 0.25) is 5.91 Å². The van der Waals surface area contributed by atoms with E-state index < -0.39 is 0 Å². The van der Waals surface area contributed by atoms with E-state index >= 15 is 0 Å². The van der Waals surface area contributed by atoms with E-state index in [4.69, 9.17) is 23.2 Å². The molecule has 5 nitrogen and oxygen atoms in total. The first-order chi connectivity index (χ1) is 13.5. The second-order valence-corrected chi connectivity index (χ2v) is 8.69. The van der Waals surface area contributed by atoms with Crippen LogP contribution in [-0.2, 0) is 11.2 Å². The summed E-state index contributed by atoms with van der Waals surface area (Å²) in [6.07, 6.45) is 8.47. The third-order valence-corrected chi connectivity index (χ3v) is 6.33. The fraction of sp³-hybridized carbons (Fsp3) is 0.619. The summed E-state index contributed by atoms with van der Waals surface area (Å²) in [5.41, 5.74) is 0.940. The zero-order chi connectivity index (χ0) is 19.9. The van der Waals surface area contributed by atoms with Gasteiger partial charge in [0.1, 0.15) is 0 Å². The van der Waals surface area contributed by atoms with Gasteiger partial charge in [-0.15, -0.1) is 0 Å². The van der Waals surface area contributed by atoms with Crippen LogP contribution in [0.5, 0.6) is 0 Å². The van der Waals surface area contributed by atoms with Gasteiger partial charge in [-0.3, -0.25) is 4.79 Å². The number of urea groups is 1. The lowest BCUT2D eigenvalue weighted by atomic mass is 9.96. The Balaban J connectivity index is 1.37. The fourth-order valence-corrected chi connectivity index (χ4v) is 4.56. The van der Waals surface area contributed by atoms with Gasteiger partial charge in [0.25, 0.3) is 0 Å². The minimum absolute atomic E-state index is 0.0611. The van der Waals surface area contributed by atoms with Crippen LogP contribution in [0, 0.1) is 0 Å². The molecule has 1 aromatic rings. The highest BCUT2D eigenvalue weighted by Crippen LogP contribution is 2.23. The number of piperidine rings is 1. The number of carbonyl (C=O) groups is 2. The summed E-state index contributed by atoms with van der Waals surface area (Å²) >= 11 is 12.1. The second-order valence-electron chi connectivity index (χ2n) is 7.84. The maximum atomic E-state index is 12.5. The number of carbonyl (C=O) groups excluding carboxylic acids is 2. The van der Waals surface area contributed by atoms with Gasteiger partial charge in [-0.1, -0.05) is 48.5 Å². The number of nitrogens with one attached hydrogen (secondary N) is 2. The summed E-state index contributed by atoms with van der Waals surface area (Å²) in [5.74, 6) is 0.135. The summed E-state index contributed by atoms with van der Waals surface area (Å²) in [7, 11) is 0. The third-order valence-electron chi connectivity index (χ3n) is 5.75. The molecule has 2 aliphatic rings. The highest BCUT2D eigenvalue weighted by molar-refractivity contribution is 6.35. The number of rotatable bonds is 5. The lowest BCUT2D eigenvalue weighted by Crippen LogP contribution is -2.51. The molecule has 0 aromatic heterocycles. The van der Waals surface area contributed by atoms with Crippen LogP contribution in [0.25, 0.3) is 0 Å². The molecular formula is C21H29Cl2N3O2. The number of hydrogen-bond acceptors (Lipinski definition) is 2. The van der Waals surface area contributed by atoms with E-state index in [9.17, 15) is 9.59 Å². The first-order valence-electron chi connectivity index (χ1n) is 10.3. The van der Waals surface area contributed by atoms with Crippen molar-refractivity contribution in [2.75, 3.05) is 13.1 Å². The summed E-state index contributed by atoms with van der Waals surface area (Å²) < 4.78 is 0. The van der Waals surface area contributed by atoms with Crippen molar-refractivity contribution in [2.24, 2.45) is 0 Å². The predicted molar refractivity (Wildman–Crippen MR) is 113 cm³/mol. The molecule has 1 aromatic carbocycles. The van der Waals surface area contributed by atoms with Crippen molar-refractivity contribution in [1.29, 1.82) is 0 Å². The van der Waals surface area contributed by atoms with Gasteiger partial charge in [-0.25, -0.2) is 4.79 Å². The summed E-state index contributed by atoms with van der Waals surface area (Å²) in [6, 6.07) is 5.77. The van der Waals surface area contributed by atoms with E-state index in [1.165, 1.54) is 19.3 Å². The average Bonchev–Trinajstić information content (AvgIpc) is 2.68. The van der Waals surface area contributed by atoms with Crippen LogP contribution in [0.3, 0.4) is 0 Å². The van der Waals surface area contributed by atoms with Crippen LogP contribution >= 0.6 is 23.2 Å². The molecule has 7 heteroatoms. The van der Waals surface area contributed by atoms with E-state index in [0.717, 1.165) is 31.2 Å². The van der Waals surface area contributed by atoms with Gasteiger partial charge >= 0.3 is 6.03 Å². The Morgan fingerprint density at radius 3 is 2.25 bits per heavy atom. The quantitative estimate of drug-likeness (QED) is 0.726. The van der Waals surface area contributed by atoms with Crippen molar-refractivity contribution in [1.82, 2.24) is 15.5 Å². The summed E-state index contributed by atoms with van der Waals surface area (Å²) in [6.45, 7) is 1.36. The molecule has 0 atom stereocenters. The SMILES string of the molecule is O=C(NC1CCCCC1)NC1CCN(C(=O)CCc2ccc(Cl)cc2Cl)CC1. The van der Waals surface area contributed by atoms with Crippen molar-refractivity contribution in [3.63, 3.8) is 0 Å². The molecule has 2 fully saturated rings. The first kappa shape index (κ1) is 21.3. The average molecular weight is 426 g/mol. The van der Waals surface area contributed by atoms with Gasteiger partial charge < -0.3 is 15.5 Å². The molecule has 3 amide bonds. The first-order valence-corrected chi connectivity index (χ1v) is 11.1. The highest BCUT2D eigenvalue weighted by atomic mass is 35.5. The second kappa shape index (κ2) is 10.4. The minimum Gasteiger partial charge on any atom is -0.343 e. The van der Waals surface area contributed by atoms with Gasteiger partial charge in [0.15, 0.2) is 0 Å². The van der Waals surface area contributed by atoms with Gasteiger partial charge in [-0.05, 0) is 49.8 Å². The van der Waals surface area contributed by atoms with E-state index in [2.05, 4.69) is 10.6 Å². The molecule has 1 aliphatic carbocycles. The molecule has 0 unspecified atom stereocenters. The van der Waals surface area contributed by atoms with Crippen LogP contribution < -0.4 is 10.6 Å². The Morgan fingerprint density at radius 1 is 0.964 bits per heavy atom. The summed E-state index contributed by atoms with van der Waals surface area (Å²) in [4.78, 5) is 26.6. The Bertz CT molecular complexity index is 684. The monoisotopic (exact) mass is 425 g/mol. The van der Waals surface area contributed by atoms with Crippen LogP contribution in [0.2, 0.25) is 10.0 Å². The molecule has 154 valence electrons. The predicted octanol–water partition coefficient (Wildman–Crippen LogP) is 4.55. The molecule has 1 aliphatic heterocycles. The number of likely N-dealkylation sites (tertiary alicyclic amines) is 1. The number of nitrogens with zero attached hydrogens (tertiary/aromatic N) is 1. The number of aryl methyl sites for hydroxylation is 1. The van der Waals surface area contributed by atoms with Crippen LogP contribution in [0.4, 0.5) is 4.79 Å². The highest BCUT2D eigenvalue weighted by Gasteiger charge is 2.24. The zero-order valence-electron chi connectivity index (χ0n) is 16.2. The molecule has 1 heterocycles.